The van der Waals surface area contributed by atoms with Crippen LogP contribution in [0.4, 0.5) is 0 Å². The van der Waals surface area contributed by atoms with Gasteiger partial charge in [-0.05, 0) is 0 Å². The molecule has 2 nitrogen and oxygen atoms in total. The van der Waals surface area contributed by atoms with Gasteiger partial charge in [-0.1, -0.05) is 0 Å². The van der Waals surface area contributed by atoms with E-state index in [2.05, 4.69) is 26.0 Å². The summed E-state index contributed by atoms with van der Waals surface area (Å²) < 4.78 is 0. The summed E-state index contributed by atoms with van der Waals surface area (Å²) in [5, 5.41) is 7.42. The Morgan fingerprint density at radius 3 is 1.50 bits per heavy atom. The second-order valence-electron chi connectivity index (χ2n) is 0.519. The predicted octanol–water partition coefficient (Wildman–Crippen LogP) is 1.14. The number of rotatable bonds is 0. The van der Waals surface area contributed by atoms with Gasteiger partial charge in [-0.25, -0.2) is 0 Å². The van der Waals surface area contributed by atoms with Crippen LogP contribution in [-0.2, 0) is 4.79 Å². The Hall–Kier alpha value is -1.23. The zero-order valence-electron chi connectivity index (χ0n) is 4.92. The van der Waals surface area contributed by atoms with Crippen LogP contribution in [-0.4, -0.2) is 11.1 Å². The minimum Gasteiger partial charge on any atom is -0.481 e. The fraction of sp³-hybridized carbons (Fsp3) is 0.167. The van der Waals surface area contributed by atoms with Crippen molar-refractivity contribution in [1.29, 1.82) is 0 Å². The van der Waals surface area contributed by atoms with E-state index < -0.39 is 5.97 Å². The molecule has 0 fully saturated rings. The van der Waals surface area contributed by atoms with E-state index in [-0.39, 0.29) is 0 Å². The molecule has 0 aromatic rings. The number of carboxylic acid groups (broad SMARTS) is 1. The molecule has 46 valence electrons. The molecular formula is C6H10O2. The van der Waals surface area contributed by atoms with Crippen LogP contribution in [0.5, 0.6) is 0 Å². The molecule has 0 radical (unpaired) electrons. The van der Waals surface area contributed by atoms with Crippen molar-refractivity contribution in [2.75, 3.05) is 0 Å². The zero-order valence-corrected chi connectivity index (χ0v) is 4.92. The van der Waals surface area contributed by atoms with Crippen LogP contribution in [0.1, 0.15) is 6.92 Å². The summed E-state index contributed by atoms with van der Waals surface area (Å²) >= 11 is 0. The summed E-state index contributed by atoms with van der Waals surface area (Å²) in [4.78, 5) is 9.00. The molecule has 0 bridgehead atoms. The van der Waals surface area contributed by atoms with Crippen LogP contribution in [0.25, 0.3) is 0 Å². The van der Waals surface area contributed by atoms with Crippen molar-refractivity contribution >= 4 is 5.97 Å². The normalized spacial score (nSPS) is 3.88. The van der Waals surface area contributed by atoms with Crippen molar-refractivity contribution in [1.82, 2.24) is 0 Å². The number of hydrogen-bond acceptors (Lipinski definition) is 1. The third-order valence-electron chi connectivity index (χ3n) is 0. The molecule has 0 saturated carbocycles. The second-order valence-corrected chi connectivity index (χ2v) is 0.519. The van der Waals surface area contributed by atoms with E-state index in [0.29, 0.717) is 0 Å². The number of terminal acetylenes is 1. The van der Waals surface area contributed by atoms with E-state index in [4.69, 9.17) is 9.90 Å². The Morgan fingerprint density at radius 1 is 1.50 bits per heavy atom. The van der Waals surface area contributed by atoms with Crippen LogP contribution in [0, 0.1) is 12.8 Å². The Morgan fingerprint density at radius 2 is 1.50 bits per heavy atom. The van der Waals surface area contributed by atoms with Gasteiger partial charge in [0, 0.05) is 6.92 Å². The molecule has 8 heavy (non-hydrogen) atoms. The van der Waals surface area contributed by atoms with Crippen LogP contribution >= 0.6 is 0 Å². The maximum absolute atomic E-state index is 9.00. The molecule has 0 aromatic carbocycles. The zero-order chi connectivity index (χ0) is 7.58. The first-order valence-corrected chi connectivity index (χ1v) is 1.76. The van der Waals surface area contributed by atoms with Gasteiger partial charge in [0.2, 0.25) is 0 Å². The molecule has 0 heterocycles. The Bertz CT molecular complexity index is 60.2. The minimum absolute atomic E-state index is 0.833. The molecule has 0 rings (SSSR count). The highest BCUT2D eigenvalue weighted by molar-refractivity contribution is 5.62. The van der Waals surface area contributed by atoms with Gasteiger partial charge in [-0.3, -0.25) is 4.79 Å². The van der Waals surface area contributed by atoms with E-state index in [9.17, 15) is 0 Å². The van der Waals surface area contributed by atoms with Gasteiger partial charge >= 0.3 is 0 Å². The SMILES string of the molecule is C#C.C=C.CC(=O)O. The lowest BCUT2D eigenvalue weighted by Crippen LogP contribution is -1.78. The average Bonchev–Trinajstić information content (AvgIpc) is 1.75. The summed E-state index contributed by atoms with van der Waals surface area (Å²) in [6.45, 7) is 7.08. The molecule has 0 aliphatic rings. The van der Waals surface area contributed by atoms with E-state index >= 15 is 0 Å². The van der Waals surface area contributed by atoms with Gasteiger partial charge in [0.25, 0.3) is 5.97 Å². The lowest BCUT2D eigenvalue weighted by atomic mass is 10.9. The van der Waals surface area contributed by atoms with Gasteiger partial charge in [-0.2, -0.15) is 0 Å². The van der Waals surface area contributed by atoms with Crippen molar-refractivity contribution in [2.24, 2.45) is 0 Å². The molecule has 0 aliphatic heterocycles. The molecule has 0 amide bonds. The quantitative estimate of drug-likeness (QED) is 0.379. The highest BCUT2D eigenvalue weighted by Crippen LogP contribution is 1.42. The standard InChI is InChI=1S/C2H4O2.C2H4.C2H2/c1-2(3)4;2*1-2/h1H3,(H,3,4);1-2H2;1-2H. The third-order valence-corrected chi connectivity index (χ3v) is 0. The first-order chi connectivity index (χ1) is 3.73. The van der Waals surface area contributed by atoms with Crippen LogP contribution < -0.4 is 0 Å². The smallest absolute Gasteiger partial charge is 0.300 e. The van der Waals surface area contributed by atoms with E-state index in [0.717, 1.165) is 6.92 Å². The molecule has 2 heteroatoms. The predicted molar refractivity (Wildman–Crippen MR) is 34.5 cm³/mol. The molecule has 0 aromatic heterocycles. The van der Waals surface area contributed by atoms with Gasteiger partial charge in [-0.15, -0.1) is 26.0 Å². The van der Waals surface area contributed by atoms with Gasteiger partial charge < -0.3 is 5.11 Å². The average molecular weight is 114 g/mol. The minimum atomic E-state index is -0.833. The fourth-order valence-electron chi connectivity index (χ4n) is 0. The molecule has 0 atom stereocenters. The fourth-order valence-corrected chi connectivity index (χ4v) is 0. The molecular weight excluding hydrogens is 104 g/mol. The first kappa shape index (κ1) is 15.9. The van der Waals surface area contributed by atoms with Crippen molar-refractivity contribution < 1.29 is 9.90 Å². The summed E-state index contributed by atoms with van der Waals surface area (Å²) in [7, 11) is 0. The summed E-state index contributed by atoms with van der Waals surface area (Å²) in [5.41, 5.74) is 0. The number of hydrogen-bond donors (Lipinski definition) is 1. The lowest BCUT2D eigenvalue weighted by Gasteiger charge is -1.59. The van der Waals surface area contributed by atoms with Crippen molar-refractivity contribution in [3.05, 3.63) is 13.2 Å². The molecule has 0 spiro atoms. The maximum atomic E-state index is 9.00. The van der Waals surface area contributed by atoms with Gasteiger partial charge in [0.1, 0.15) is 0 Å². The highest BCUT2D eigenvalue weighted by atomic mass is 16.4. The largest absolute Gasteiger partial charge is 0.481 e. The Kier molecular flexibility index (Phi) is 83.1. The van der Waals surface area contributed by atoms with E-state index in [1.807, 2.05) is 0 Å². The Labute approximate surface area is 49.8 Å². The lowest BCUT2D eigenvalue weighted by molar-refractivity contribution is -0.134. The number of aliphatic carboxylic acids is 1. The monoisotopic (exact) mass is 114 g/mol. The highest BCUT2D eigenvalue weighted by Gasteiger charge is 1.65. The third kappa shape index (κ3) is 44.8. The van der Waals surface area contributed by atoms with E-state index in [1.54, 1.807) is 0 Å². The molecule has 0 saturated heterocycles. The van der Waals surface area contributed by atoms with Crippen molar-refractivity contribution in [3.8, 4) is 12.8 Å². The van der Waals surface area contributed by atoms with Crippen LogP contribution in [0.3, 0.4) is 0 Å². The molecule has 1 N–H and O–H groups in total. The van der Waals surface area contributed by atoms with Crippen LogP contribution in [0.15, 0.2) is 13.2 Å². The topological polar surface area (TPSA) is 37.3 Å². The van der Waals surface area contributed by atoms with Crippen LogP contribution in [0.2, 0.25) is 0 Å². The number of carbonyl (C=O) groups is 1. The molecule has 0 aliphatic carbocycles. The van der Waals surface area contributed by atoms with Crippen molar-refractivity contribution in [3.63, 3.8) is 0 Å². The number of carboxylic acids is 1. The molecule has 0 unspecified atom stereocenters. The van der Waals surface area contributed by atoms with Crippen molar-refractivity contribution in [2.45, 2.75) is 6.92 Å². The maximum Gasteiger partial charge on any atom is 0.300 e. The summed E-state index contributed by atoms with van der Waals surface area (Å²) in [6, 6.07) is 0. The van der Waals surface area contributed by atoms with E-state index in [1.165, 1.54) is 0 Å². The van der Waals surface area contributed by atoms with Gasteiger partial charge in [0.15, 0.2) is 0 Å². The summed E-state index contributed by atoms with van der Waals surface area (Å²) in [5.74, 6) is -0.833. The van der Waals surface area contributed by atoms with Gasteiger partial charge in [0.05, 0.1) is 0 Å². The second kappa shape index (κ2) is 41.9. The first-order valence-electron chi connectivity index (χ1n) is 1.76. The Balaban J connectivity index is -0.0000000542. The summed E-state index contributed by atoms with van der Waals surface area (Å²) in [6.07, 6.45) is 8.00.